The first kappa shape index (κ1) is 17.3. The fraction of sp³-hybridized carbons (Fsp3) is 0.0938. The molecular weight excluding hydrogens is 414 g/mol. The van der Waals surface area contributed by atoms with Crippen molar-refractivity contribution >= 4 is 21.9 Å². The summed E-state index contributed by atoms with van der Waals surface area (Å²) in [6.45, 7) is -0.201. The van der Waals surface area contributed by atoms with E-state index < -0.39 is 6.85 Å². The molecule has 6 rings (SSSR count). The number of fused-ring (bicyclic) bond motifs is 3. The van der Waals surface area contributed by atoms with Crippen LogP contribution in [0.1, 0.15) is 15.2 Å². The Morgan fingerprint density at radius 1 is 0.647 bits per heavy atom. The van der Waals surface area contributed by atoms with Crippen LogP contribution in [0.15, 0.2) is 108 Å². The van der Waals surface area contributed by atoms with Crippen LogP contribution in [0.4, 0.5) is 0 Å². The normalized spacial score (nSPS) is 13.1. The summed E-state index contributed by atoms with van der Waals surface area (Å²) in [6.07, 6.45) is 2.00. The van der Waals surface area contributed by atoms with E-state index in [-0.39, 0.29) is 0 Å². The summed E-state index contributed by atoms with van der Waals surface area (Å²) in [5.74, 6) is 0. The average Bonchev–Trinajstić information content (AvgIpc) is 3.25. The second-order valence-corrected chi connectivity index (χ2v) is 8.77. The lowest BCUT2D eigenvalue weighted by molar-refractivity contribution is -0.660. The lowest BCUT2D eigenvalue weighted by Gasteiger charge is -2.13. The molecule has 0 aliphatic rings. The van der Waals surface area contributed by atoms with Gasteiger partial charge in [0.1, 0.15) is 18.2 Å². The summed E-state index contributed by atoms with van der Waals surface area (Å²) in [5.41, 5.74) is 8.58. The molecule has 2 aromatic heterocycles. The second-order valence-electron chi connectivity index (χ2n) is 8.77. The van der Waals surface area contributed by atoms with Gasteiger partial charge in [0.15, 0.2) is 6.20 Å². The highest BCUT2D eigenvalue weighted by atomic mass is 16.3. The highest BCUT2D eigenvalue weighted by Gasteiger charge is 2.22. The average molecular weight is 444 g/mol. The fourth-order valence-electron chi connectivity index (χ4n) is 4.88. The molecule has 0 aliphatic heterocycles. The molecule has 164 valence electrons. The van der Waals surface area contributed by atoms with Crippen LogP contribution >= 0.6 is 0 Å². The number of benzene rings is 4. The van der Waals surface area contributed by atoms with Crippen molar-refractivity contribution in [3.63, 3.8) is 0 Å². The van der Waals surface area contributed by atoms with Crippen molar-refractivity contribution in [1.82, 2.24) is 0 Å². The van der Waals surface area contributed by atoms with Crippen LogP contribution in [0.25, 0.3) is 55.4 Å². The van der Waals surface area contributed by atoms with Gasteiger partial charge in [0, 0.05) is 21.0 Å². The molecule has 0 spiro atoms. The van der Waals surface area contributed by atoms with Gasteiger partial charge in [-0.05, 0) is 65.9 Å². The number of aromatic nitrogens is 1. The van der Waals surface area contributed by atoms with Gasteiger partial charge in [-0.15, -0.1) is 0 Å². The van der Waals surface area contributed by atoms with Crippen LogP contribution in [-0.4, -0.2) is 0 Å². The predicted molar refractivity (Wildman–Crippen MR) is 141 cm³/mol. The molecule has 34 heavy (non-hydrogen) atoms. The molecule has 0 radical (unpaired) electrons. The molecule has 0 unspecified atom stereocenters. The number of hydrogen-bond acceptors (Lipinski definition) is 1. The Kier molecular flexibility index (Phi) is 4.08. The number of furan rings is 1. The van der Waals surface area contributed by atoms with Gasteiger partial charge in [-0.1, -0.05) is 66.7 Å². The predicted octanol–water partition coefficient (Wildman–Crippen LogP) is 8.03. The SMILES string of the molecule is [2H]C([2H])([2H])c1cc(-c2ccccc2)ccc1-c1ccc[n+](C)c1-c1cc2c(cc1C)oc1ccccc12. The lowest BCUT2D eigenvalue weighted by Crippen LogP contribution is -2.31. The number of rotatable bonds is 3. The van der Waals surface area contributed by atoms with Crippen molar-refractivity contribution < 1.29 is 13.1 Å². The smallest absolute Gasteiger partial charge is 0.220 e. The Morgan fingerprint density at radius 3 is 2.32 bits per heavy atom. The first-order valence-corrected chi connectivity index (χ1v) is 11.4. The maximum atomic E-state index is 8.38. The summed E-state index contributed by atoms with van der Waals surface area (Å²) in [4.78, 5) is 0. The van der Waals surface area contributed by atoms with E-state index >= 15 is 0 Å². The Hall–Kier alpha value is -4.17. The number of pyridine rings is 1. The molecule has 2 heteroatoms. The van der Waals surface area contributed by atoms with Crippen molar-refractivity contribution in [3.05, 3.63) is 114 Å². The van der Waals surface area contributed by atoms with Gasteiger partial charge in [0.2, 0.25) is 5.69 Å². The van der Waals surface area contributed by atoms with Crippen LogP contribution in [0.3, 0.4) is 0 Å². The van der Waals surface area contributed by atoms with E-state index in [9.17, 15) is 0 Å². The largest absolute Gasteiger partial charge is 0.456 e. The Morgan fingerprint density at radius 2 is 1.47 bits per heavy atom. The summed E-state index contributed by atoms with van der Waals surface area (Å²) < 4.78 is 33.3. The van der Waals surface area contributed by atoms with Gasteiger partial charge in [-0.3, -0.25) is 0 Å². The van der Waals surface area contributed by atoms with Crippen molar-refractivity contribution in [2.45, 2.75) is 13.8 Å². The van der Waals surface area contributed by atoms with Crippen LogP contribution in [0.5, 0.6) is 0 Å². The zero-order valence-corrected chi connectivity index (χ0v) is 19.2. The third-order valence-electron chi connectivity index (χ3n) is 6.58. The molecule has 0 saturated carbocycles. The molecule has 0 aliphatic carbocycles. The van der Waals surface area contributed by atoms with Gasteiger partial charge in [-0.25, -0.2) is 4.57 Å². The van der Waals surface area contributed by atoms with Crippen LogP contribution in [-0.2, 0) is 7.05 Å². The van der Waals surface area contributed by atoms with Gasteiger partial charge in [-0.2, -0.15) is 0 Å². The fourth-order valence-corrected chi connectivity index (χ4v) is 4.88. The summed E-state index contributed by atoms with van der Waals surface area (Å²) in [7, 11) is 2.00. The van der Waals surface area contributed by atoms with Crippen LogP contribution in [0, 0.1) is 13.8 Å². The lowest BCUT2D eigenvalue weighted by atomic mass is 9.91. The van der Waals surface area contributed by atoms with E-state index in [1.54, 1.807) is 0 Å². The van der Waals surface area contributed by atoms with Crippen molar-refractivity contribution in [2.75, 3.05) is 0 Å². The molecule has 0 bridgehead atoms. The third-order valence-corrected chi connectivity index (χ3v) is 6.58. The molecule has 2 heterocycles. The van der Waals surface area contributed by atoms with E-state index in [2.05, 4.69) is 29.7 Å². The molecule has 4 aromatic carbocycles. The number of hydrogen-bond donors (Lipinski definition) is 0. The van der Waals surface area contributed by atoms with Gasteiger partial charge >= 0.3 is 0 Å². The third kappa shape index (κ3) is 3.31. The standard InChI is InChI=1S/C32H26NO/c1-21-18-24(23-10-5-4-6-11-23)15-16-25(21)27-13-9-17-33(3)32(27)28-20-29-26-12-7-8-14-30(26)34-31(29)19-22(28)2/h4-20H,1-3H3/q+1/i1D3. The van der Waals surface area contributed by atoms with Crippen molar-refractivity contribution in [3.8, 4) is 33.5 Å². The van der Waals surface area contributed by atoms with Crippen molar-refractivity contribution in [2.24, 2.45) is 7.05 Å². The molecule has 0 amide bonds. The Balaban J connectivity index is 1.61. The summed E-state index contributed by atoms with van der Waals surface area (Å²) in [6, 6.07) is 31.9. The van der Waals surface area contributed by atoms with E-state index in [0.717, 1.165) is 55.4 Å². The molecule has 2 nitrogen and oxygen atoms in total. The number of nitrogens with zero attached hydrogens (tertiary/aromatic N) is 1. The molecular formula is C32H26NO+. The minimum absolute atomic E-state index is 0.341. The van der Waals surface area contributed by atoms with Crippen LogP contribution in [0.2, 0.25) is 0 Å². The van der Waals surface area contributed by atoms with E-state index in [1.165, 1.54) is 0 Å². The van der Waals surface area contributed by atoms with Gasteiger partial charge in [0.25, 0.3) is 0 Å². The maximum Gasteiger partial charge on any atom is 0.220 e. The first-order chi connectivity index (χ1) is 17.8. The quantitative estimate of drug-likeness (QED) is 0.253. The second kappa shape index (κ2) is 8.00. The van der Waals surface area contributed by atoms with E-state index in [0.29, 0.717) is 11.1 Å². The maximum absolute atomic E-state index is 8.38. The highest BCUT2D eigenvalue weighted by Crippen LogP contribution is 2.38. The minimum atomic E-state index is -2.27. The summed E-state index contributed by atoms with van der Waals surface area (Å²) in [5, 5.41) is 2.11. The number of para-hydroxylation sites is 1. The molecule has 0 atom stereocenters. The van der Waals surface area contributed by atoms with Gasteiger partial charge in [0.05, 0.1) is 11.1 Å². The molecule has 0 saturated heterocycles. The Labute approximate surface area is 203 Å². The molecule has 0 N–H and O–H groups in total. The number of aryl methyl sites for hydroxylation is 3. The summed E-state index contributed by atoms with van der Waals surface area (Å²) >= 11 is 0. The minimum Gasteiger partial charge on any atom is -0.456 e. The topological polar surface area (TPSA) is 17.0 Å². The monoisotopic (exact) mass is 443 g/mol. The zero-order chi connectivity index (χ0) is 25.7. The molecule has 0 fully saturated rings. The highest BCUT2D eigenvalue weighted by molar-refractivity contribution is 6.07. The van der Waals surface area contributed by atoms with Crippen molar-refractivity contribution in [1.29, 1.82) is 0 Å². The Bertz CT molecular complexity index is 1780. The van der Waals surface area contributed by atoms with Gasteiger partial charge < -0.3 is 4.42 Å². The van der Waals surface area contributed by atoms with E-state index in [4.69, 9.17) is 8.53 Å². The van der Waals surface area contributed by atoms with Crippen LogP contribution < -0.4 is 4.57 Å². The zero-order valence-electron chi connectivity index (χ0n) is 22.2. The van der Waals surface area contributed by atoms with E-state index in [1.807, 2.05) is 92.1 Å². The molecule has 6 aromatic rings. The first-order valence-electron chi connectivity index (χ1n) is 12.9.